The maximum Gasteiger partial charge on any atom is 0.317 e. The highest BCUT2D eigenvalue weighted by molar-refractivity contribution is 5.74. The fourth-order valence-electron chi connectivity index (χ4n) is 3.60. The zero-order valence-corrected chi connectivity index (χ0v) is 16.7. The van der Waals surface area contributed by atoms with Gasteiger partial charge in [0.05, 0.1) is 6.54 Å². The lowest BCUT2D eigenvalue weighted by Gasteiger charge is -2.32. The lowest BCUT2D eigenvalue weighted by Crippen LogP contribution is -2.44. The number of carbonyl (C=O) groups excluding carboxylic acids is 2. The van der Waals surface area contributed by atoms with Crippen LogP contribution >= 0.6 is 0 Å². The molecule has 3 rings (SSSR count). The van der Waals surface area contributed by atoms with Crippen molar-refractivity contribution in [2.75, 3.05) is 13.1 Å². The Bertz CT molecular complexity index is 813. The number of benzene rings is 1. The van der Waals surface area contributed by atoms with Crippen LogP contribution in [-0.2, 0) is 11.3 Å². The number of urea groups is 1. The van der Waals surface area contributed by atoms with Crippen molar-refractivity contribution in [2.45, 2.75) is 45.6 Å². The molecule has 3 amide bonds. The highest BCUT2D eigenvalue weighted by Crippen LogP contribution is 2.23. The van der Waals surface area contributed by atoms with Crippen LogP contribution in [0.25, 0.3) is 11.5 Å². The zero-order chi connectivity index (χ0) is 20.6. The van der Waals surface area contributed by atoms with E-state index in [0.717, 1.165) is 36.9 Å². The van der Waals surface area contributed by atoms with Crippen LogP contribution in [-0.4, -0.2) is 40.1 Å². The largest absolute Gasteiger partial charge is 0.441 e. The van der Waals surface area contributed by atoms with Gasteiger partial charge in [-0.3, -0.25) is 10.0 Å². The van der Waals surface area contributed by atoms with Crippen LogP contribution in [0.5, 0.6) is 0 Å². The van der Waals surface area contributed by atoms with Crippen molar-refractivity contribution in [1.29, 1.82) is 0 Å². The number of rotatable bonds is 7. The fraction of sp³-hybridized carbons (Fsp3) is 0.476. The Morgan fingerprint density at radius 3 is 2.66 bits per heavy atom. The van der Waals surface area contributed by atoms with Crippen molar-refractivity contribution < 1.29 is 19.2 Å². The zero-order valence-electron chi connectivity index (χ0n) is 16.7. The lowest BCUT2D eigenvalue weighted by molar-refractivity contribution is -0.129. The van der Waals surface area contributed by atoms with Crippen LogP contribution < -0.4 is 10.8 Å². The molecule has 8 heteroatoms. The molecular weight excluding hydrogens is 372 g/mol. The topological polar surface area (TPSA) is 108 Å². The highest BCUT2D eigenvalue weighted by Gasteiger charge is 2.23. The number of oxazole rings is 1. The summed E-state index contributed by atoms with van der Waals surface area (Å²) in [6.07, 6.45) is 3.87. The summed E-state index contributed by atoms with van der Waals surface area (Å²) in [5, 5.41) is 11.5. The first kappa shape index (κ1) is 20.9. The summed E-state index contributed by atoms with van der Waals surface area (Å²) in [5.74, 6) is 1.43. The van der Waals surface area contributed by atoms with Crippen molar-refractivity contribution in [3.8, 4) is 11.5 Å². The average molecular weight is 400 g/mol. The highest BCUT2D eigenvalue weighted by atomic mass is 16.5. The van der Waals surface area contributed by atoms with Crippen LogP contribution in [0.1, 0.15) is 43.6 Å². The molecule has 2 aromatic rings. The number of carbonyl (C=O) groups is 2. The number of nitrogens with one attached hydrogen (secondary N) is 2. The number of hydroxylamine groups is 1. The number of amides is 3. The van der Waals surface area contributed by atoms with E-state index in [1.54, 1.807) is 5.48 Å². The third kappa shape index (κ3) is 5.80. The molecule has 0 saturated carbocycles. The minimum Gasteiger partial charge on any atom is -0.441 e. The molecule has 1 fully saturated rings. The Balaban J connectivity index is 1.43. The van der Waals surface area contributed by atoms with Gasteiger partial charge in [0.1, 0.15) is 11.5 Å². The number of nitrogens with zero attached hydrogens (tertiary/aromatic N) is 2. The molecule has 2 heterocycles. The van der Waals surface area contributed by atoms with Gasteiger partial charge in [-0.15, -0.1) is 0 Å². The average Bonchev–Trinajstić information content (AvgIpc) is 3.13. The summed E-state index contributed by atoms with van der Waals surface area (Å²) < 4.78 is 5.73. The SMILES string of the molecule is Cc1oc(-c2ccccc2)nc1CNC(=O)N1CCC(CCCC(=O)NO)CC1. The second-order valence-corrected chi connectivity index (χ2v) is 7.40. The van der Waals surface area contributed by atoms with E-state index in [0.29, 0.717) is 43.6 Å². The maximum atomic E-state index is 12.5. The summed E-state index contributed by atoms with van der Waals surface area (Å²) in [6.45, 7) is 3.59. The summed E-state index contributed by atoms with van der Waals surface area (Å²) in [7, 11) is 0. The van der Waals surface area contributed by atoms with Crippen molar-refractivity contribution >= 4 is 11.9 Å². The third-order valence-electron chi connectivity index (χ3n) is 5.36. The van der Waals surface area contributed by atoms with E-state index in [-0.39, 0.29) is 11.9 Å². The van der Waals surface area contributed by atoms with E-state index >= 15 is 0 Å². The van der Waals surface area contributed by atoms with Gasteiger partial charge in [-0.2, -0.15) is 0 Å². The van der Waals surface area contributed by atoms with Gasteiger partial charge in [0, 0.05) is 25.1 Å². The first-order valence-corrected chi connectivity index (χ1v) is 10.0. The molecule has 0 spiro atoms. The quantitative estimate of drug-likeness (QED) is 0.488. The number of piperidine rings is 1. The van der Waals surface area contributed by atoms with Crippen LogP contribution in [0.4, 0.5) is 4.79 Å². The number of hydrogen-bond donors (Lipinski definition) is 3. The Morgan fingerprint density at radius 1 is 1.24 bits per heavy atom. The fourth-order valence-corrected chi connectivity index (χ4v) is 3.60. The van der Waals surface area contributed by atoms with Gasteiger partial charge in [0.25, 0.3) is 0 Å². The molecule has 0 unspecified atom stereocenters. The predicted molar refractivity (Wildman–Crippen MR) is 107 cm³/mol. The van der Waals surface area contributed by atoms with Crippen molar-refractivity contribution in [3.05, 3.63) is 41.8 Å². The maximum absolute atomic E-state index is 12.5. The first-order chi connectivity index (χ1) is 14.1. The van der Waals surface area contributed by atoms with Gasteiger partial charge in [-0.1, -0.05) is 18.2 Å². The van der Waals surface area contributed by atoms with Gasteiger partial charge in [-0.05, 0) is 50.7 Å². The summed E-state index contributed by atoms with van der Waals surface area (Å²) in [5.41, 5.74) is 3.29. The Hall–Kier alpha value is -2.87. The summed E-state index contributed by atoms with van der Waals surface area (Å²) in [6, 6.07) is 9.59. The Labute approximate surface area is 170 Å². The molecule has 0 atom stereocenters. The second kappa shape index (κ2) is 10.1. The standard InChI is InChI=1S/C21H28N4O4/c1-15-18(23-20(29-15)17-7-3-2-4-8-17)14-22-21(27)25-12-10-16(11-13-25)6-5-9-19(26)24-28/h2-4,7-8,16,28H,5-6,9-14H2,1H3,(H,22,27)(H,24,26). The molecule has 1 aliphatic heterocycles. The van der Waals surface area contributed by atoms with E-state index in [4.69, 9.17) is 9.62 Å². The smallest absolute Gasteiger partial charge is 0.317 e. The van der Waals surface area contributed by atoms with Crippen LogP contribution in [0, 0.1) is 12.8 Å². The van der Waals surface area contributed by atoms with Crippen LogP contribution in [0.2, 0.25) is 0 Å². The minimum absolute atomic E-state index is 0.0910. The van der Waals surface area contributed by atoms with E-state index in [1.807, 2.05) is 42.2 Å². The molecule has 1 aromatic carbocycles. The van der Waals surface area contributed by atoms with Gasteiger partial charge >= 0.3 is 6.03 Å². The van der Waals surface area contributed by atoms with Gasteiger partial charge < -0.3 is 14.6 Å². The first-order valence-electron chi connectivity index (χ1n) is 10.0. The second-order valence-electron chi connectivity index (χ2n) is 7.40. The van der Waals surface area contributed by atoms with Crippen LogP contribution in [0.3, 0.4) is 0 Å². The van der Waals surface area contributed by atoms with Crippen LogP contribution in [0.15, 0.2) is 34.7 Å². The van der Waals surface area contributed by atoms with E-state index in [9.17, 15) is 9.59 Å². The van der Waals surface area contributed by atoms with E-state index in [2.05, 4.69) is 10.3 Å². The van der Waals surface area contributed by atoms with E-state index in [1.165, 1.54) is 0 Å². The normalized spacial score (nSPS) is 14.6. The molecule has 1 saturated heterocycles. The monoisotopic (exact) mass is 400 g/mol. The van der Waals surface area contributed by atoms with E-state index < -0.39 is 0 Å². The number of aryl methyl sites for hydroxylation is 1. The molecule has 1 aromatic heterocycles. The van der Waals surface area contributed by atoms with Crippen molar-refractivity contribution in [2.24, 2.45) is 5.92 Å². The molecule has 0 aliphatic carbocycles. The molecule has 0 radical (unpaired) electrons. The molecule has 1 aliphatic rings. The Kier molecular flexibility index (Phi) is 7.24. The molecule has 3 N–H and O–H groups in total. The lowest BCUT2D eigenvalue weighted by atomic mass is 9.91. The summed E-state index contributed by atoms with van der Waals surface area (Å²) in [4.78, 5) is 29.9. The summed E-state index contributed by atoms with van der Waals surface area (Å²) >= 11 is 0. The predicted octanol–water partition coefficient (Wildman–Crippen LogP) is 3.25. The third-order valence-corrected chi connectivity index (χ3v) is 5.36. The van der Waals surface area contributed by atoms with Gasteiger partial charge in [0.15, 0.2) is 0 Å². The number of likely N-dealkylation sites (tertiary alicyclic amines) is 1. The van der Waals surface area contributed by atoms with Gasteiger partial charge in [0.2, 0.25) is 11.8 Å². The molecule has 0 bridgehead atoms. The van der Waals surface area contributed by atoms with Crippen molar-refractivity contribution in [1.82, 2.24) is 20.7 Å². The Morgan fingerprint density at radius 2 is 1.97 bits per heavy atom. The number of hydrogen-bond acceptors (Lipinski definition) is 5. The minimum atomic E-state index is -0.347. The van der Waals surface area contributed by atoms with Gasteiger partial charge in [-0.25, -0.2) is 15.3 Å². The molecule has 8 nitrogen and oxygen atoms in total. The molecule has 29 heavy (non-hydrogen) atoms. The number of aromatic nitrogens is 1. The molecule has 156 valence electrons. The van der Waals surface area contributed by atoms with Crippen molar-refractivity contribution in [3.63, 3.8) is 0 Å². The molecular formula is C21H28N4O4.